The Kier molecular flexibility index (Phi) is 15.9. The smallest absolute Gasteiger partial charge is 0.251 e. The summed E-state index contributed by atoms with van der Waals surface area (Å²) >= 11 is 0. The van der Waals surface area contributed by atoms with Gasteiger partial charge in [-0.15, -0.1) is 0 Å². The molecule has 2 aromatic heterocycles. The number of carbonyl (C=O) groups is 4. The van der Waals surface area contributed by atoms with Crippen LogP contribution >= 0.6 is 0 Å². The van der Waals surface area contributed by atoms with Crippen LogP contribution in [-0.4, -0.2) is 132 Å². The number of rotatable bonds is 20. The molecule has 0 atom stereocenters. The second-order valence-corrected chi connectivity index (χ2v) is 22.1. The molecule has 0 spiro atoms. The van der Waals surface area contributed by atoms with Crippen molar-refractivity contribution < 1.29 is 19.2 Å². The van der Waals surface area contributed by atoms with Crippen LogP contribution in [0.4, 0.5) is 11.4 Å². The maximum Gasteiger partial charge on any atom is 0.251 e. The first kappa shape index (κ1) is 55.4. The minimum Gasteiger partial charge on any atom is -0.352 e. The topological polar surface area (TPSA) is 205 Å². The molecule has 0 fully saturated rings. The van der Waals surface area contributed by atoms with Crippen LogP contribution in [0.3, 0.4) is 0 Å². The first-order valence-corrected chi connectivity index (χ1v) is 28.6. The van der Waals surface area contributed by atoms with Gasteiger partial charge in [-0.2, -0.15) is 0 Å². The van der Waals surface area contributed by atoms with Gasteiger partial charge in [0.05, 0.1) is 44.9 Å². The minimum absolute atomic E-state index is 0.0978. The van der Waals surface area contributed by atoms with Crippen LogP contribution in [0.5, 0.6) is 0 Å². The van der Waals surface area contributed by atoms with E-state index in [0.717, 1.165) is 125 Å². The van der Waals surface area contributed by atoms with E-state index in [4.69, 9.17) is 20.0 Å². The summed E-state index contributed by atoms with van der Waals surface area (Å²) in [4.78, 5) is 82.1. The lowest BCUT2D eigenvalue weighted by Crippen LogP contribution is -2.31. The molecule has 0 aliphatic carbocycles. The highest BCUT2D eigenvalue weighted by Gasteiger charge is 2.21. The summed E-state index contributed by atoms with van der Waals surface area (Å²) in [6.45, 7) is 3.52. The Bertz CT molecular complexity index is 3960. The molecule has 6 N–H and O–H groups in total. The van der Waals surface area contributed by atoms with E-state index in [9.17, 15) is 19.2 Å². The van der Waals surface area contributed by atoms with Crippen molar-refractivity contribution in [2.45, 2.75) is 19.3 Å². The largest absolute Gasteiger partial charge is 0.352 e. The molecule has 0 radical (unpaired) electrons. The Labute approximate surface area is 492 Å². The van der Waals surface area contributed by atoms with Gasteiger partial charge < -0.3 is 41.0 Å². The number of hydrogen-bond donors (Lipinski definition) is 6. The molecule has 2 aliphatic heterocycles. The number of aliphatic imine (C=N–C) groups is 2. The Morgan fingerprint density at radius 3 is 1.07 bits per heavy atom. The molecule has 2 aliphatic rings. The zero-order chi connectivity index (χ0) is 58.6. The van der Waals surface area contributed by atoms with Crippen molar-refractivity contribution in [2.75, 3.05) is 67.5 Å². The fourth-order valence-corrected chi connectivity index (χ4v) is 10.6. The average Bonchev–Trinajstić information content (AvgIpc) is 3.89. The highest BCUT2D eigenvalue weighted by atomic mass is 16.2. The van der Waals surface area contributed by atoms with Gasteiger partial charge in [0.25, 0.3) is 23.6 Å². The number of imidazole rings is 2. The second kappa shape index (κ2) is 24.4. The maximum atomic E-state index is 13.1. The standard InChI is InChI=1S/C69H64N12O4/c1-80(2)34-32-72-68(84)48-18-10-44(11-19-48)64-76-56-28-26-52(38-62(56)78-64)50-22-24-54-40-58(74-60(54)36-50)42-6-14-46(15-7-42)66(82)70-30-5-31-71-67(83)47-16-8-43(9-17-47)59-41-55-25-23-51(37-61(55)75-59)53-27-29-57-63(39-53)79-65(77-57)45-12-20-49(21-13-45)69(85)73-33-35-81(3)4/h6-29,36-39H,5,30-35,40-41H2,1-4H3,(H,70,82)(H,71,83)(H,72,84)(H,73,85)(H,76,78)(H,77,79). The number of amides is 4. The Hall–Kier alpha value is -10.2. The predicted molar refractivity (Wildman–Crippen MR) is 338 cm³/mol. The molecular formula is C69H64N12O4. The van der Waals surface area contributed by atoms with Crippen LogP contribution in [0.2, 0.25) is 0 Å². The van der Waals surface area contributed by atoms with Gasteiger partial charge in [0.1, 0.15) is 11.6 Å². The van der Waals surface area contributed by atoms with E-state index >= 15 is 0 Å². The van der Waals surface area contributed by atoms with E-state index in [2.05, 4.69) is 91.9 Å². The molecule has 8 aromatic carbocycles. The third-order valence-corrected chi connectivity index (χ3v) is 15.4. The van der Waals surface area contributed by atoms with Crippen molar-refractivity contribution in [1.82, 2.24) is 51.0 Å². The zero-order valence-electron chi connectivity index (χ0n) is 47.8. The summed E-state index contributed by atoms with van der Waals surface area (Å²) in [5, 5.41) is 11.9. The van der Waals surface area contributed by atoms with E-state index in [1.807, 2.05) is 147 Å². The monoisotopic (exact) mass is 1120 g/mol. The zero-order valence-corrected chi connectivity index (χ0v) is 47.8. The van der Waals surface area contributed by atoms with Gasteiger partial charge in [-0.25, -0.2) is 9.97 Å². The van der Waals surface area contributed by atoms with Gasteiger partial charge in [-0.05, 0) is 164 Å². The third kappa shape index (κ3) is 12.6. The van der Waals surface area contributed by atoms with Gasteiger partial charge in [0.15, 0.2) is 0 Å². The summed E-state index contributed by atoms with van der Waals surface area (Å²) in [5.41, 5.74) is 19.7. The molecule has 85 heavy (non-hydrogen) atoms. The van der Waals surface area contributed by atoms with Crippen LogP contribution in [0.1, 0.15) is 70.1 Å². The van der Waals surface area contributed by atoms with Crippen LogP contribution in [0.25, 0.3) is 67.1 Å². The first-order chi connectivity index (χ1) is 41.3. The van der Waals surface area contributed by atoms with Crippen LogP contribution < -0.4 is 21.3 Å². The molecule has 0 saturated heterocycles. The fraction of sp³-hybridized carbons (Fsp3) is 0.188. The normalized spacial score (nSPS) is 12.5. The summed E-state index contributed by atoms with van der Waals surface area (Å²) in [6, 6.07) is 55.1. The van der Waals surface area contributed by atoms with Gasteiger partial charge >= 0.3 is 0 Å². The van der Waals surface area contributed by atoms with Crippen molar-refractivity contribution in [3.05, 3.63) is 214 Å². The van der Waals surface area contributed by atoms with Crippen molar-refractivity contribution in [2.24, 2.45) is 9.98 Å². The molecule has 424 valence electrons. The van der Waals surface area contributed by atoms with E-state index in [1.165, 1.54) is 0 Å². The number of H-pyrrole nitrogens is 2. The Balaban J connectivity index is 0.591. The SMILES string of the molecule is CN(C)CCNC(=O)c1ccc(-c2nc3ccc(-c4ccc5c(c4)N=C(c4ccc(C(=O)NCCCNC(=O)c6ccc(C7=Nc8cc(-c9ccc%10nc(-c%11ccc(C(=O)NCCN(C)C)cc%11)[nH]c%10c9)ccc8C7)cc6)cc4)C5)cc3[nH]2)cc1. The number of carbonyl (C=O) groups excluding carboxylic acids is 4. The van der Waals surface area contributed by atoms with Crippen molar-refractivity contribution in [3.63, 3.8) is 0 Å². The van der Waals surface area contributed by atoms with Crippen LogP contribution in [-0.2, 0) is 12.8 Å². The van der Waals surface area contributed by atoms with Gasteiger partial charge in [0.2, 0.25) is 0 Å². The molecule has 12 rings (SSSR count). The summed E-state index contributed by atoms with van der Waals surface area (Å²) in [5.74, 6) is 0.914. The lowest BCUT2D eigenvalue weighted by molar-refractivity contribution is 0.0938. The fourth-order valence-electron chi connectivity index (χ4n) is 10.6. The number of likely N-dealkylation sites (N-methyl/N-ethyl adjacent to an activating group) is 2. The number of benzene rings is 8. The molecule has 4 amide bonds. The van der Waals surface area contributed by atoms with E-state index in [-0.39, 0.29) is 23.6 Å². The van der Waals surface area contributed by atoms with E-state index < -0.39 is 0 Å². The molecule has 0 saturated carbocycles. The third-order valence-electron chi connectivity index (χ3n) is 15.4. The molecule has 0 bridgehead atoms. The number of aromatic nitrogens is 4. The summed E-state index contributed by atoms with van der Waals surface area (Å²) < 4.78 is 0. The highest BCUT2D eigenvalue weighted by Crippen LogP contribution is 2.37. The number of nitrogens with zero attached hydrogens (tertiary/aromatic N) is 6. The highest BCUT2D eigenvalue weighted by molar-refractivity contribution is 6.09. The lowest BCUT2D eigenvalue weighted by atomic mass is 9.99. The maximum absolute atomic E-state index is 13.1. The quantitative estimate of drug-likeness (QED) is 0.0404. The predicted octanol–water partition coefficient (Wildman–Crippen LogP) is 10.6. The van der Waals surface area contributed by atoms with Crippen LogP contribution in [0.15, 0.2) is 180 Å². The molecule has 10 aromatic rings. The number of nitrogens with one attached hydrogen (secondary N) is 6. The van der Waals surface area contributed by atoms with E-state index in [0.29, 0.717) is 67.7 Å². The minimum atomic E-state index is -0.179. The van der Waals surface area contributed by atoms with Gasteiger partial charge in [-0.1, -0.05) is 84.9 Å². The van der Waals surface area contributed by atoms with Crippen molar-refractivity contribution >= 4 is 68.5 Å². The van der Waals surface area contributed by atoms with E-state index in [1.54, 1.807) is 0 Å². The molecule has 16 heteroatoms. The molecule has 0 unspecified atom stereocenters. The Morgan fingerprint density at radius 1 is 0.388 bits per heavy atom. The number of fused-ring (bicyclic) bond motifs is 4. The van der Waals surface area contributed by atoms with Crippen molar-refractivity contribution in [1.29, 1.82) is 0 Å². The molecule has 16 nitrogen and oxygen atoms in total. The number of hydrogen-bond acceptors (Lipinski definition) is 10. The molecule has 4 heterocycles. The second-order valence-electron chi connectivity index (χ2n) is 22.1. The average molecular weight is 1130 g/mol. The Morgan fingerprint density at radius 2 is 0.706 bits per heavy atom. The van der Waals surface area contributed by atoms with Crippen LogP contribution in [0, 0.1) is 0 Å². The lowest BCUT2D eigenvalue weighted by Gasteiger charge is -2.10. The number of aromatic amines is 2. The van der Waals surface area contributed by atoms with Gasteiger partial charge in [-0.3, -0.25) is 29.2 Å². The first-order valence-electron chi connectivity index (χ1n) is 28.6. The van der Waals surface area contributed by atoms with Crippen molar-refractivity contribution in [3.8, 4) is 45.0 Å². The summed E-state index contributed by atoms with van der Waals surface area (Å²) in [7, 11) is 7.90. The summed E-state index contributed by atoms with van der Waals surface area (Å²) in [6.07, 6.45) is 1.95. The van der Waals surface area contributed by atoms with Gasteiger partial charge in [0, 0.05) is 85.5 Å². The molecular weight excluding hydrogens is 1060 g/mol.